The molecule has 1 aromatic heterocycles. The third-order valence-electron chi connectivity index (χ3n) is 1.87. The van der Waals surface area contributed by atoms with Crippen molar-refractivity contribution in [1.29, 1.82) is 0 Å². The number of nitrogens with one attached hydrogen (secondary N) is 1. The standard InChI is InChI=1S/C8H14N4O2S/c1-2-15(13,14)6-5-12-8-7(9)10-3-4-11-8/h3-4H,2,5-6H2,1H3,(H2,9,10)(H,11,12). The van der Waals surface area contributed by atoms with Crippen LogP contribution in [0.5, 0.6) is 0 Å². The maximum Gasteiger partial charge on any atom is 0.168 e. The molecule has 0 fully saturated rings. The lowest BCUT2D eigenvalue weighted by molar-refractivity contribution is 0.597. The molecule has 0 aliphatic rings. The Morgan fingerprint density at radius 2 is 2.07 bits per heavy atom. The van der Waals surface area contributed by atoms with Gasteiger partial charge in [-0.25, -0.2) is 18.4 Å². The number of anilines is 2. The minimum absolute atomic E-state index is 0.0690. The van der Waals surface area contributed by atoms with E-state index in [1.807, 2.05) is 0 Å². The molecule has 0 bridgehead atoms. The molecule has 84 valence electrons. The first kappa shape index (κ1) is 11.7. The molecule has 3 N–H and O–H groups in total. The summed E-state index contributed by atoms with van der Waals surface area (Å²) in [6.45, 7) is 1.91. The molecule has 6 nitrogen and oxygen atoms in total. The molecule has 0 aromatic carbocycles. The summed E-state index contributed by atoms with van der Waals surface area (Å²) in [4.78, 5) is 7.75. The van der Waals surface area contributed by atoms with E-state index >= 15 is 0 Å². The first-order chi connectivity index (χ1) is 7.05. The van der Waals surface area contributed by atoms with E-state index in [1.54, 1.807) is 6.92 Å². The fourth-order valence-electron chi connectivity index (χ4n) is 0.954. The zero-order chi connectivity index (χ0) is 11.3. The van der Waals surface area contributed by atoms with Gasteiger partial charge in [-0.3, -0.25) is 0 Å². The van der Waals surface area contributed by atoms with Gasteiger partial charge in [0.2, 0.25) is 0 Å². The maximum atomic E-state index is 11.2. The average molecular weight is 230 g/mol. The zero-order valence-electron chi connectivity index (χ0n) is 8.47. The molecule has 1 heterocycles. The van der Waals surface area contributed by atoms with Crippen LogP contribution in [0.3, 0.4) is 0 Å². The van der Waals surface area contributed by atoms with E-state index in [9.17, 15) is 8.42 Å². The van der Waals surface area contributed by atoms with Crippen LogP contribution in [0.1, 0.15) is 6.92 Å². The van der Waals surface area contributed by atoms with E-state index in [2.05, 4.69) is 15.3 Å². The molecule has 0 spiro atoms. The Bertz CT molecular complexity index is 418. The number of rotatable bonds is 5. The lowest BCUT2D eigenvalue weighted by atomic mass is 10.5. The Balaban J connectivity index is 2.49. The van der Waals surface area contributed by atoms with Gasteiger partial charge >= 0.3 is 0 Å². The van der Waals surface area contributed by atoms with Crippen molar-refractivity contribution >= 4 is 21.5 Å². The molecule has 7 heteroatoms. The minimum atomic E-state index is -2.95. The van der Waals surface area contributed by atoms with Crippen molar-refractivity contribution in [2.24, 2.45) is 0 Å². The quantitative estimate of drug-likeness (QED) is 0.733. The van der Waals surface area contributed by atoms with Gasteiger partial charge in [0, 0.05) is 24.7 Å². The van der Waals surface area contributed by atoms with Gasteiger partial charge in [0.15, 0.2) is 21.5 Å². The molecule has 0 saturated carbocycles. The normalized spacial score (nSPS) is 11.3. The first-order valence-corrected chi connectivity index (χ1v) is 6.38. The molecule has 0 radical (unpaired) electrons. The molecule has 1 aromatic rings. The van der Waals surface area contributed by atoms with Gasteiger partial charge in [-0.1, -0.05) is 6.92 Å². The SMILES string of the molecule is CCS(=O)(=O)CCNc1nccnc1N. The lowest BCUT2D eigenvalue weighted by Gasteiger charge is -2.06. The van der Waals surface area contributed by atoms with Crippen molar-refractivity contribution in [1.82, 2.24) is 9.97 Å². The molecule has 0 unspecified atom stereocenters. The van der Waals surface area contributed by atoms with Crippen molar-refractivity contribution in [2.45, 2.75) is 6.92 Å². The number of sulfone groups is 1. The van der Waals surface area contributed by atoms with Gasteiger partial charge in [0.1, 0.15) is 0 Å². The predicted molar refractivity (Wildman–Crippen MR) is 59.3 cm³/mol. The van der Waals surface area contributed by atoms with Gasteiger partial charge in [-0.05, 0) is 0 Å². The number of aromatic nitrogens is 2. The molecule has 15 heavy (non-hydrogen) atoms. The van der Waals surface area contributed by atoms with Gasteiger partial charge in [0.05, 0.1) is 5.75 Å². The molecule has 1 rings (SSSR count). The fourth-order valence-corrected chi connectivity index (χ4v) is 1.66. The molecule has 0 amide bonds. The van der Waals surface area contributed by atoms with Crippen LogP contribution in [0.4, 0.5) is 11.6 Å². The summed E-state index contributed by atoms with van der Waals surface area (Å²) in [6.07, 6.45) is 2.97. The number of hydrogen-bond donors (Lipinski definition) is 2. The summed E-state index contributed by atoms with van der Waals surface area (Å²) in [7, 11) is -2.95. The fraction of sp³-hybridized carbons (Fsp3) is 0.500. The van der Waals surface area contributed by atoms with Crippen molar-refractivity contribution in [2.75, 3.05) is 29.1 Å². The molecule has 0 aliphatic carbocycles. The third-order valence-corrected chi connectivity index (χ3v) is 3.58. The number of hydrogen-bond acceptors (Lipinski definition) is 6. The number of nitrogens with zero attached hydrogens (tertiary/aromatic N) is 2. The molecular weight excluding hydrogens is 216 g/mol. The van der Waals surface area contributed by atoms with E-state index in [0.29, 0.717) is 12.4 Å². The second-order valence-electron chi connectivity index (χ2n) is 2.95. The lowest BCUT2D eigenvalue weighted by Crippen LogP contribution is -2.18. The van der Waals surface area contributed by atoms with E-state index in [1.165, 1.54) is 12.4 Å². The summed E-state index contributed by atoms with van der Waals surface area (Å²) in [5.74, 6) is 0.902. The molecular formula is C8H14N4O2S. The van der Waals surface area contributed by atoms with Crippen LogP contribution in [0.25, 0.3) is 0 Å². The smallest absolute Gasteiger partial charge is 0.168 e. The predicted octanol–water partition coefficient (Wildman–Crippen LogP) is -0.0946. The topological polar surface area (TPSA) is 98.0 Å². The van der Waals surface area contributed by atoms with Crippen molar-refractivity contribution in [3.8, 4) is 0 Å². The Hall–Kier alpha value is -1.37. The maximum absolute atomic E-state index is 11.2. The van der Waals surface area contributed by atoms with Crippen LogP contribution in [0, 0.1) is 0 Å². The molecule has 0 saturated heterocycles. The second-order valence-corrected chi connectivity index (χ2v) is 5.43. The number of nitrogens with two attached hydrogens (primary N) is 1. The molecule has 0 atom stereocenters. The highest BCUT2D eigenvalue weighted by atomic mass is 32.2. The highest BCUT2D eigenvalue weighted by Crippen LogP contribution is 2.08. The third kappa shape index (κ3) is 3.70. The van der Waals surface area contributed by atoms with Crippen molar-refractivity contribution in [3.05, 3.63) is 12.4 Å². The first-order valence-electron chi connectivity index (χ1n) is 4.56. The highest BCUT2D eigenvalue weighted by molar-refractivity contribution is 7.91. The van der Waals surface area contributed by atoms with E-state index in [4.69, 9.17) is 5.73 Å². The summed E-state index contributed by atoms with van der Waals surface area (Å²) in [5, 5.41) is 2.83. The monoisotopic (exact) mass is 230 g/mol. The van der Waals surface area contributed by atoms with Crippen molar-refractivity contribution in [3.63, 3.8) is 0 Å². The van der Waals surface area contributed by atoms with E-state index in [-0.39, 0.29) is 17.3 Å². The van der Waals surface area contributed by atoms with Crippen LogP contribution in [-0.4, -0.2) is 36.4 Å². The van der Waals surface area contributed by atoms with Gasteiger partial charge in [0.25, 0.3) is 0 Å². The van der Waals surface area contributed by atoms with Crippen LogP contribution in [0.15, 0.2) is 12.4 Å². The van der Waals surface area contributed by atoms with Gasteiger partial charge in [-0.2, -0.15) is 0 Å². The zero-order valence-corrected chi connectivity index (χ0v) is 9.29. The summed E-state index contributed by atoms with van der Waals surface area (Å²) in [6, 6.07) is 0. The average Bonchev–Trinajstić information content (AvgIpc) is 2.21. The Morgan fingerprint density at radius 3 is 2.67 bits per heavy atom. The number of nitrogen functional groups attached to an aromatic ring is 1. The second kappa shape index (κ2) is 4.92. The van der Waals surface area contributed by atoms with Crippen LogP contribution < -0.4 is 11.1 Å². The largest absolute Gasteiger partial charge is 0.381 e. The van der Waals surface area contributed by atoms with E-state index in [0.717, 1.165) is 0 Å². The van der Waals surface area contributed by atoms with Crippen molar-refractivity contribution < 1.29 is 8.42 Å². The van der Waals surface area contributed by atoms with Crippen LogP contribution in [-0.2, 0) is 9.84 Å². The molecule has 0 aliphatic heterocycles. The van der Waals surface area contributed by atoms with E-state index < -0.39 is 9.84 Å². The van der Waals surface area contributed by atoms with Gasteiger partial charge < -0.3 is 11.1 Å². The minimum Gasteiger partial charge on any atom is -0.381 e. The summed E-state index contributed by atoms with van der Waals surface area (Å²) in [5.41, 5.74) is 5.52. The van der Waals surface area contributed by atoms with Crippen LogP contribution in [0.2, 0.25) is 0 Å². The summed E-state index contributed by atoms with van der Waals surface area (Å²) >= 11 is 0. The Kier molecular flexibility index (Phi) is 3.84. The Labute approximate surface area is 88.8 Å². The van der Waals surface area contributed by atoms with Gasteiger partial charge in [-0.15, -0.1) is 0 Å². The summed E-state index contributed by atoms with van der Waals surface area (Å²) < 4.78 is 22.3. The van der Waals surface area contributed by atoms with Crippen LogP contribution >= 0.6 is 0 Å². The Morgan fingerprint density at radius 1 is 1.40 bits per heavy atom. The highest BCUT2D eigenvalue weighted by Gasteiger charge is 2.07.